The SMILES string of the molecule is O=C(Nc1ccccc1)c1ccc(NC2=C(Cl)C(=O)N(c3ccccc3Cl)C2=O)cc1. The first-order chi connectivity index (χ1) is 15.0. The number of nitrogens with one attached hydrogen (secondary N) is 2. The zero-order valence-corrected chi connectivity index (χ0v) is 17.4. The maximum absolute atomic E-state index is 12.8. The summed E-state index contributed by atoms with van der Waals surface area (Å²) in [6.07, 6.45) is 0. The number of para-hydroxylation sites is 2. The summed E-state index contributed by atoms with van der Waals surface area (Å²) >= 11 is 12.3. The van der Waals surface area contributed by atoms with Crippen LogP contribution in [0, 0.1) is 0 Å². The Morgan fingerprint density at radius 2 is 1.39 bits per heavy atom. The second kappa shape index (κ2) is 8.63. The zero-order chi connectivity index (χ0) is 22.0. The smallest absolute Gasteiger partial charge is 0.283 e. The molecule has 2 N–H and O–H groups in total. The number of benzene rings is 3. The molecule has 154 valence electrons. The number of hydrogen-bond acceptors (Lipinski definition) is 4. The summed E-state index contributed by atoms with van der Waals surface area (Å²) < 4.78 is 0. The van der Waals surface area contributed by atoms with E-state index in [4.69, 9.17) is 23.2 Å². The van der Waals surface area contributed by atoms with Crippen molar-refractivity contribution in [1.82, 2.24) is 0 Å². The molecule has 1 aliphatic heterocycles. The molecule has 0 saturated heterocycles. The van der Waals surface area contributed by atoms with Gasteiger partial charge in [-0.2, -0.15) is 0 Å². The van der Waals surface area contributed by atoms with Gasteiger partial charge in [0.15, 0.2) is 0 Å². The molecule has 4 rings (SSSR count). The largest absolute Gasteiger partial charge is 0.350 e. The van der Waals surface area contributed by atoms with E-state index in [1.165, 1.54) is 0 Å². The zero-order valence-electron chi connectivity index (χ0n) is 15.9. The lowest BCUT2D eigenvalue weighted by atomic mass is 10.2. The molecule has 31 heavy (non-hydrogen) atoms. The molecular formula is C23H15Cl2N3O3. The fraction of sp³-hybridized carbons (Fsp3) is 0. The predicted molar refractivity (Wildman–Crippen MR) is 121 cm³/mol. The molecule has 6 nitrogen and oxygen atoms in total. The minimum absolute atomic E-state index is 0.0620. The number of anilines is 3. The number of rotatable bonds is 5. The Bertz CT molecular complexity index is 1210. The van der Waals surface area contributed by atoms with Crippen LogP contribution < -0.4 is 15.5 Å². The summed E-state index contributed by atoms with van der Waals surface area (Å²) in [6.45, 7) is 0. The first-order valence-electron chi connectivity index (χ1n) is 9.22. The van der Waals surface area contributed by atoms with Crippen molar-refractivity contribution >= 4 is 58.0 Å². The lowest BCUT2D eigenvalue weighted by Crippen LogP contribution is -2.32. The van der Waals surface area contributed by atoms with E-state index < -0.39 is 11.8 Å². The molecule has 0 bridgehead atoms. The number of imide groups is 1. The minimum Gasteiger partial charge on any atom is -0.350 e. The van der Waals surface area contributed by atoms with Crippen molar-refractivity contribution in [2.24, 2.45) is 0 Å². The molecule has 1 aliphatic rings. The van der Waals surface area contributed by atoms with Crippen molar-refractivity contribution in [3.8, 4) is 0 Å². The quantitative estimate of drug-likeness (QED) is 0.533. The van der Waals surface area contributed by atoms with Gasteiger partial charge in [-0.05, 0) is 48.5 Å². The highest BCUT2D eigenvalue weighted by Crippen LogP contribution is 2.34. The normalized spacial score (nSPS) is 13.5. The molecule has 0 aliphatic carbocycles. The van der Waals surface area contributed by atoms with Gasteiger partial charge in [-0.1, -0.05) is 53.5 Å². The standard InChI is InChI=1S/C23H15Cl2N3O3/c24-17-8-4-5-9-18(17)28-22(30)19(25)20(23(28)31)26-16-12-10-14(11-13-16)21(29)27-15-6-2-1-3-7-15/h1-13,26H,(H,27,29). The van der Waals surface area contributed by atoms with Gasteiger partial charge in [-0.15, -0.1) is 0 Å². The van der Waals surface area contributed by atoms with E-state index in [2.05, 4.69) is 10.6 Å². The lowest BCUT2D eigenvalue weighted by molar-refractivity contribution is -0.120. The van der Waals surface area contributed by atoms with Crippen LogP contribution in [0.3, 0.4) is 0 Å². The summed E-state index contributed by atoms with van der Waals surface area (Å²) in [7, 11) is 0. The van der Waals surface area contributed by atoms with Crippen LogP contribution in [0.1, 0.15) is 10.4 Å². The third-order valence-electron chi connectivity index (χ3n) is 4.57. The van der Waals surface area contributed by atoms with Crippen molar-refractivity contribution in [3.05, 3.63) is 100 Å². The molecule has 0 aromatic heterocycles. The summed E-state index contributed by atoms with van der Waals surface area (Å²) in [5, 5.41) is 5.67. The molecular weight excluding hydrogens is 437 g/mol. The second-order valence-electron chi connectivity index (χ2n) is 6.61. The van der Waals surface area contributed by atoms with Crippen molar-refractivity contribution < 1.29 is 14.4 Å². The van der Waals surface area contributed by atoms with Crippen LogP contribution in [0.25, 0.3) is 0 Å². The van der Waals surface area contributed by atoms with E-state index in [1.54, 1.807) is 60.7 Å². The molecule has 0 unspecified atom stereocenters. The Balaban J connectivity index is 1.50. The minimum atomic E-state index is -0.666. The van der Waals surface area contributed by atoms with E-state index in [9.17, 15) is 14.4 Å². The van der Waals surface area contributed by atoms with Crippen LogP contribution in [0.4, 0.5) is 17.1 Å². The Labute approximate surface area is 188 Å². The number of nitrogens with zero attached hydrogens (tertiary/aromatic N) is 1. The van der Waals surface area contributed by atoms with Gasteiger partial charge in [0.1, 0.15) is 10.7 Å². The first-order valence-corrected chi connectivity index (χ1v) is 9.98. The molecule has 0 saturated carbocycles. The van der Waals surface area contributed by atoms with Gasteiger partial charge in [0.2, 0.25) is 0 Å². The highest BCUT2D eigenvalue weighted by molar-refractivity contribution is 6.53. The van der Waals surface area contributed by atoms with Crippen LogP contribution in [0.5, 0.6) is 0 Å². The summed E-state index contributed by atoms with van der Waals surface area (Å²) in [4.78, 5) is 38.7. The van der Waals surface area contributed by atoms with E-state index >= 15 is 0 Å². The van der Waals surface area contributed by atoms with Gasteiger partial charge < -0.3 is 10.6 Å². The van der Waals surface area contributed by atoms with Gasteiger partial charge >= 0.3 is 0 Å². The number of carbonyl (C=O) groups is 3. The van der Waals surface area contributed by atoms with Crippen molar-refractivity contribution in [3.63, 3.8) is 0 Å². The lowest BCUT2D eigenvalue weighted by Gasteiger charge is -2.16. The summed E-state index contributed by atoms with van der Waals surface area (Å²) in [6, 6.07) is 22.0. The van der Waals surface area contributed by atoms with E-state index in [-0.39, 0.29) is 27.3 Å². The van der Waals surface area contributed by atoms with E-state index in [0.717, 1.165) is 4.90 Å². The Morgan fingerprint density at radius 3 is 2.06 bits per heavy atom. The van der Waals surface area contributed by atoms with Crippen LogP contribution in [-0.2, 0) is 9.59 Å². The third-order valence-corrected chi connectivity index (χ3v) is 5.24. The monoisotopic (exact) mass is 451 g/mol. The molecule has 0 fully saturated rings. The molecule has 0 spiro atoms. The Kier molecular flexibility index (Phi) is 5.75. The van der Waals surface area contributed by atoms with Crippen LogP contribution in [0.2, 0.25) is 5.02 Å². The summed E-state index contributed by atoms with van der Waals surface area (Å²) in [5.74, 6) is -1.55. The highest BCUT2D eigenvalue weighted by atomic mass is 35.5. The topological polar surface area (TPSA) is 78.5 Å². The molecule has 3 aromatic rings. The van der Waals surface area contributed by atoms with Gasteiger partial charge in [-0.3, -0.25) is 14.4 Å². The van der Waals surface area contributed by atoms with Gasteiger partial charge in [0.05, 0.1) is 10.7 Å². The van der Waals surface area contributed by atoms with Crippen molar-refractivity contribution in [1.29, 1.82) is 0 Å². The van der Waals surface area contributed by atoms with Crippen LogP contribution >= 0.6 is 23.2 Å². The van der Waals surface area contributed by atoms with E-state index in [1.807, 2.05) is 18.2 Å². The fourth-order valence-electron chi connectivity index (χ4n) is 3.04. The van der Waals surface area contributed by atoms with Crippen LogP contribution in [-0.4, -0.2) is 17.7 Å². The molecule has 8 heteroatoms. The maximum Gasteiger partial charge on any atom is 0.283 e. The predicted octanol–water partition coefficient (Wildman–Crippen LogP) is 5.03. The van der Waals surface area contributed by atoms with Gasteiger partial charge in [0, 0.05) is 16.9 Å². The Morgan fingerprint density at radius 1 is 0.742 bits per heavy atom. The molecule has 0 atom stereocenters. The second-order valence-corrected chi connectivity index (χ2v) is 7.39. The highest BCUT2D eigenvalue weighted by Gasteiger charge is 2.39. The molecule has 3 amide bonds. The average Bonchev–Trinajstić information content (AvgIpc) is 2.98. The molecule has 3 aromatic carbocycles. The number of amides is 3. The summed E-state index contributed by atoms with van der Waals surface area (Å²) in [5.41, 5.74) is 1.80. The molecule has 1 heterocycles. The average molecular weight is 452 g/mol. The van der Waals surface area contributed by atoms with E-state index in [0.29, 0.717) is 16.9 Å². The molecule has 0 radical (unpaired) electrons. The number of carbonyl (C=O) groups excluding carboxylic acids is 3. The van der Waals surface area contributed by atoms with Gasteiger partial charge in [-0.25, -0.2) is 4.90 Å². The third kappa shape index (κ3) is 4.17. The van der Waals surface area contributed by atoms with Crippen LogP contribution in [0.15, 0.2) is 89.6 Å². The first kappa shape index (κ1) is 20.7. The maximum atomic E-state index is 12.8. The number of hydrogen-bond donors (Lipinski definition) is 2. The number of halogens is 2. The Hall–Kier alpha value is -3.61. The van der Waals surface area contributed by atoms with Crippen molar-refractivity contribution in [2.45, 2.75) is 0 Å². The van der Waals surface area contributed by atoms with Crippen molar-refractivity contribution in [2.75, 3.05) is 15.5 Å². The fourth-order valence-corrected chi connectivity index (χ4v) is 3.47. The van der Waals surface area contributed by atoms with Gasteiger partial charge in [0.25, 0.3) is 17.7 Å².